The van der Waals surface area contributed by atoms with Gasteiger partial charge >= 0.3 is 6.03 Å². The molecule has 0 spiro atoms. The highest BCUT2D eigenvalue weighted by Crippen LogP contribution is 2.13. The molecular weight excluding hydrogens is 294 g/mol. The molecule has 2 rings (SSSR count). The van der Waals surface area contributed by atoms with Crippen LogP contribution in [0.2, 0.25) is 0 Å². The minimum atomic E-state index is -1.05. The molecule has 1 aromatic carbocycles. The number of rotatable bonds is 6. The van der Waals surface area contributed by atoms with E-state index in [1.54, 1.807) is 6.92 Å². The number of benzene rings is 1. The van der Waals surface area contributed by atoms with Gasteiger partial charge in [-0.25, -0.2) is 4.79 Å². The minimum absolute atomic E-state index is 0.0613. The van der Waals surface area contributed by atoms with Crippen LogP contribution in [0.4, 0.5) is 4.79 Å². The number of imide groups is 2. The van der Waals surface area contributed by atoms with Crippen molar-refractivity contribution in [3.05, 3.63) is 48.6 Å². The maximum atomic E-state index is 12.3. The second-order valence-corrected chi connectivity index (χ2v) is 5.22. The molecule has 0 aromatic heterocycles. The van der Waals surface area contributed by atoms with Crippen molar-refractivity contribution >= 4 is 23.6 Å². The zero-order valence-electron chi connectivity index (χ0n) is 13.0. The van der Waals surface area contributed by atoms with Gasteiger partial charge in [-0.3, -0.25) is 24.8 Å². The van der Waals surface area contributed by atoms with Crippen LogP contribution in [-0.2, 0) is 16.0 Å². The zero-order chi connectivity index (χ0) is 16.8. The van der Waals surface area contributed by atoms with Gasteiger partial charge in [0.1, 0.15) is 0 Å². The molecular formula is C17H19N3O3. The molecule has 0 aliphatic carbocycles. The molecule has 1 aliphatic rings. The Balaban J connectivity index is 2.06. The summed E-state index contributed by atoms with van der Waals surface area (Å²) in [6.45, 7) is 5.68. The first kappa shape index (κ1) is 16.6. The molecule has 4 amide bonds. The SMILES string of the molecule is C=CCN1C(=O)NC(=O)C(C(C)=NCCc2ccccc2)C1=O. The van der Waals surface area contributed by atoms with Crippen LogP contribution in [0.25, 0.3) is 0 Å². The summed E-state index contributed by atoms with van der Waals surface area (Å²) < 4.78 is 0. The number of nitrogens with one attached hydrogen (secondary N) is 1. The molecule has 23 heavy (non-hydrogen) atoms. The van der Waals surface area contributed by atoms with Gasteiger partial charge in [-0.05, 0) is 18.9 Å². The maximum Gasteiger partial charge on any atom is 0.331 e. The summed E-state index contributed by atoms with van der Waals surface area (Å²) >= 11 is 0. The van der Waals surface area contributed by atoms with E-state index in [4.69, 9.17) is 0 Å². The highest BCUT2D eigenvalue weighted by atomic mass is 16.2. The Bertz CT molecular complexity index is 652. The fraction of sp³-hybridized carbons (Fsp3) is 0.294. The van der Waals surface area contributed by atoms with Crippen LogP contribution in [-0.4, -0.2) is 41.5 Å². The van der Waals surface area contributed by atoms with Crippen molar-refractivity contribution in [2.45, 2.75) is 13.3 Å². The van der Waals surface area contributed by atoms with Gasteiger partial charge in [-0.15, -0.1) is 6.58 Å². The lowest BCUT2D eigenvalue weighted by Crippen LogP contribution is -2.59. The summed E-state index contributed by atoms with van der Waals surface area (Å²) in [6, 6.07) is 9.11. The summed E-state index contributed by atoms with van der Waals surface area (Å²) in [6.07, 6.45) is 2.15. The summed E-state index contributed by atoms with van der Waals surface area (Å²) in [4.78, 5) is 41.2. The summed E-state index contributed by atoms with van der Waals surface area (Å²) in [5.41, 5.74) is 1.54. The highest BCUT2D eigenvalue weighted by Gasteiger charge is 2.41. The van der Waals surface area contributed by atoms with Crippen molar-refractivity contribution in [2.75, 3.05) is 13.1 Å². The third kappa shape index (κ3) is 3.91. The number of amides is 4. The fourth-order valence-corrected chi connectivity index (χ4v) is 2.38. The highest BCUT2D eigenvalue weighted by molar-refractivity contribution is 6.27. The van der Waals surface area contributed by atoms with Gasteiger partial charge in [0, 0.05) is 18.8 Å². The standard InChI is InChI=1S/C17H19N3O3/c1-3-11-20-16(22)14(15(21)19-17(20)23)12(2)18-10-9-13-7-5-4-6-8-13/h3-8,14H,1,9-11H2,2H3,(H,19,21,23). The maximum absolute atomic E-state index is 12.3. The second kappa shape index (κ2) is 7.49. The lowest BCUT2D eigenvalue weighted by molar-refractivity contribution is -0.139. The van der Waals surface area contributed by atoms with Crippen molar-refractivity contribution in [1.29, 1.82) is 0 Å². The largest absolute Gasteiger partial charge is 0.331 e. The van der Waals surface area contributed by atoms with Crippen LogP contribution in [0.15, 0.2) is 48.0 Å². The number of barbiturate groups is 1. The van der Waals surface area contributed by atoms with E-state index in [1.807, 2.05) is 30.3 Å². The molecule has 1 heterocycles. The molecule has 0 bridgehead atoms. The van der Waals surface area contributed by atoms with Crippen molar-refractivity contribution in [2.24, 2.45) is 10.9 Å². The number of nitrogens with zero attached hydrogens (tertiary/aromatic N) is 2. The Morgan fingerprint density at radius 2 is 2.00 bits per heavy atom. The van der Waals surface area contributed by atoms with Crippen LogP contribution >= 0.6 is 0 Å². The first-order valence-corrected chi connectivity index (χ1v) is 7.36. The summed E-state index contributed by atoms with van der Waals surface area (Å²) in [7, 11) is 0. The average molecular weight is 313 g/mol. The first-order chi connectivity index (χ1) is 11.0. The minimum Gasteiger partial charge on any atom is -0.293 e. The zero-order valence-corrected chi connectivity index (χ0v) is 13.0. The third-order valence-corrected chi connectivity index (χ3v) is 3.58. The quantitative estimate of drug-likeness (QED) is 0.492. The Kier molecular flexibility index (Phi) is 5.41. The number of urea groups is 1. The number of hydrogen-bond acceptors (Lipinski definition) is 4. The molecule has 0 radical (unpaired) electrons. The number of carbonyl (C=O) groups excluding carboxylic acids is 3. The fourth-order valence-electron chi connectivity index (χ4n) is 2.38. The van der Waals surface area contributed by atoms with Crippen molar-refractivity contribution in [1.82, 2.24) is 10.2 Å². The van der Waals surface area contributed by atoms with Crippen molar-refractivity contribution < 1.29 is 14.4 Å². The van der Waals surface area contributed by atoms with E-state index in [-0.39, 0.29) is 6.54 Å². The summed E-state index contributed by atoms with van der Waals surface area (Å²) in [5.74, 6) is -2.23. The molecule has 1 atom stereocenters. The molecule has 1 unspecified atom stereocenters. The van der Waals surface area contributed by atoms with E-state index in [2.05, 4.69) is 16.9 Å². The molecule has 6 nitrogen and oxygen atoms in total. The lowest BCUT2D eigenvalue weighted by atomic mass is 9.99. The van der Waals surface area contributed by atoms with Gasteiger partial charge in [0.2, 0.25) is 11.8 Å². The Morgan fingerprint density at radius 3 is 2.65 bits per heavy atom. The summed E-state index contributed by atoms with van der Waals surface area (Å²) in [5, 5.41) is 2.18. The number of carbonyl (C=O) groups is 3. The van der Waals surface area contributed by atoms with E-state index < -0.39 is 23.8 Å². The molecule has 0 saturated carbocycles. The van der Waals surface area contributed by atoms with E-state index >= 15 is 0 Å². The van der Waals surface area contributed by atoms with E-state index in [9.17, 15) is 14.4 Å². The number of aliphatic imine (C=N–C) groups is 1. The van der Waals surface area contributed by atoms with Gasteiger partial charge in [0.25, 0.3) is 0 Å². The predicted molar refractivity (Wildman–Crippen MR) is 87.1 cm³/mol. The molecule has 120 valence electrons. The molecule has 1 fully saturated rings. The van der Waals surface area contributed by atoms with Gasteiger partial charge in [-0.1, -0.05) is 36.4 Å². The van der Waals surface area contributed by atoms with Crippen LogP contribution in [0.5, 0.6) is 0 Å². The Hall–Kier alpha value is -2.76. The monoisotopic (exact) mass is 313 g/mol. The Labute approximate surface area is 134 Å². The molecule has 1 N–H and O–H groups in total. The molecule has 1 aromatic rings. The second-order valence-electron chi connectivity index (χ2n) is 5.22. The van der Waals surface area contributed by atoms with Gasteiger partial charge in [0.15, 0.2) is 5.92 Å². The normalized spacial score (nSPS) is 18.8. The van der Waals surface area contributed by atoms with Gasteiger partial charge in [0.05, 0.1) is 0 Å². The predicted octanol–water partition coefficient (Wildman–Crippen LogP) is 1.57. The lowest BCUT2D eigenvalue weighted by Gasteiger charge is -2.29. The topological polar surface area (TPSA) is 78.8 Å². The molecule has 1 saturated heterocycles. The molecule has 1 aliphatic heterocycles. The van der Waals surface area contributed by atoms with Crippen molar-refractivity contribution in [3.8, 4) is 0 Å². The van der Waals surface area contributed by atoms with Crippen LogP contribution < -0.4 is 5.32 Å². The van der Waals surface area contributed by atoms with Crippen LogP contribution in [0, 0.1) is 5.92 Å². The van der Waals surface area contributed by atoms with Gasteiger partial charge < -0.3 is 0 Å². The Morgan fingerprint density at radius 1 is 1.30 bits per heavy atom. The van der Waals surface area contributed by atoms with E-state index in [1.165, 1.54) is 6.08 Å². The van der Waals surface area contributed by atoms with Crippen molar-refractivity contribution in [3.63, 3.8) is 0 Å². The van der Waals surface area contributed by atoms with Crippen LogP contribution in [0.1, 0.15) is 12.5 Å². The average Bonchev–Trinajstić information content (AvgIpc) is 2.52. The van der Waals surface area contributed by atoms with Crippen LogP contribution in [0.3, 0.4) is 0 Å². The van der Waals surface area contributed by atoms with E-state index in [0.29, 0.717) is 12.3 Å². The van der Waals surface area contributed by atoms with E-state index in [0.717, 1.165) is 16.9 Å². The third-order valence-electron chi connectivity index (χ3n) is 3.58. The number of hydrogen-bond donors (Lipinski definition) is 1. The molecule has 6 heteroatoms. The van der Waals surface area contributed by atoms with Gasteiger partial charge in [-0.2, -0.15) is 0 Å². The smallest absolute Gasteiger partial charge is 0.293 e. The first-order valence-electron chi connectivity index (χ1n) is 7.36.